The second kappa shape index (κ2) is 9.15. The number of carbonyl (C=O) groups excluding carboxylic acids is 1. The van der Waals surface area contributed by atoms with E-state index in [1.54, 1.807) is 0 Å². The standard InChI is InChI=1S/C21H25ClN2O4S/c1-15-7-6-8-16(2)21(15)23-20(25)14-28-19-10-9-17(13-18(19)22)29(26,27)24-11-4-3-5-12-24/h6-10,13H,3-5,11-12,14H2,1-2H3,(H,23,25). The number of hydrogen-bond donors (Lipinski definition) is 1. The molecule has 0 aliphatic carbocycles. The largest absolute Gasteiger partial charge is 0.482 e. The van der Waals surface area contributed by atoms with Crippen molar-refractivity contribution in [3.8, 4) is 5.75 Å². The molecule has 0 radical (unpaired) electrons. The van der Waals surface area contributed by atoms with E-state index < -0.39 is 10.0 Å². The van der Waals surface area contributed by atoms with Crippen LogP contribution in [-0.2, 0) is 14.8 Å². The Kier molecular flexibility index (Phi) is 6.82. The molecule has 1 fully saturated rings. The van der Waals surface area contributed by atoms with Crippen molar-refractivity contribution in [3.63, 3.8) is 0 Å². The predicted molar refractivity (Wildman–Crippen MR) is 114 cm³/mol. The highest BCUT2D eigenvalue weighted by molar-refractivity contribution is 7.89. The SMILES string of the molecule is Cc1cccc(C)c1NC(=O)COc1ccc(S(=O)(=O)N2CCCCC2)cc1Cl. The van der Waals surface area contributed by atoms with E-state index in [-0.39, 0.29) is 28.2 Å². The summed E-state index contributed by atoms with van der Waals surface area (Å²) in [6, 6.07) is 10.1. The molecule has 6 nitrogen and oxygen atoms in total. The summed E-state index contributed by atoms with van der Waals surface area (Å²) in [5.74, 6) is -0.0515. The second-order valence-corrected chi connectivity index (χ2v) is 9.51. The highest BCUT2D eigenvalue weighted by atomic mass is 35.5. The Bertz CT molecular complexity index is 981. The Labute approximate surface area is 176 Å². The normalized spacial score (nSPS) is 15.1. The quantitative estimate of drug-likeness (QED) is 0.738. The summed E-state index contributed by atoms with van der Waals surface area (Å²) in [5.41, 5.74) is 2.68. The van der Waals surface area contributed by atoms with Gasteiger partial charge in [-0.05, 0) is 56.0 Å². The first-order valence-corrected chi connectivity index (χ1v) is 11.4. The molecule has 0 spiro atoms. The van der Waals surface area contributed by atoms with Crippen LogP contribution in [0.2, 0.25) is 5.02 Å². The molecule has 1 amide bonds. The molecule has 0 bridgehead atoms. The summed E-state index contributed by atoms with van der Waals surface area (Å²) in [6.07, 6.45) is 2.77. The molecule has 1 aliphatic rings. The van der Waals surface area contributed by atoms with Crippen LogP contribution in [0.5, 0.6) is 5.75 Å². The molecule has 29 heavy (non-hydrogen) atoms. The first kappa shape index (κ1) is 21.6. The fraction of sp³-hybridized carbons (Fsp3) is 0.381. The zero-order chi connectivity index (χ0) is 21.0. The second-order valence-electron chi connectivity index (χ2n) is 7.16. The maximum atomic E-state index is 12.7. The number of piperidine rings is 1. The lowest BCUT2D eigenvalue weighted by Gasteiger charge is -2.26. The molecule has 2 aromatic rings. The van der Waals surface area contributed by atoms with Gasteiger partial charge < -0.3 is 10.1 Å². The average molecular weight is 437 g/mol. The van der Waals surface area contributed by atoms with Gasteiger partial charge in [-0.1, -0.05) is 36.2 Å². The molecule has 1 saturated heterocycles. The van der Waals surface area contributed by atoms with Crippen LogP contribution < -0.4 is 10.1 Å². The number of sulfonamides is 1. The summed E-state index contributed by atoms with van der Waals surface area (Å²) in [6.45, 7) is 4.66. The fourth-order valence-corrected chi connectivity index (χ4v) is 5.19. The van der Waals surface area contributed by atoms with Gasteiger partial charge >= 0.3 is 0 Å². The van der Waals surface area contributed by atoms with Gasteiger partial charge in [0.15, 0.2) is 6.61 Å². The average Bonchev–Trinajstić information content (AvgIpc) is 2.70. The van der Waals surface area contributed by atoms with Gasteiger partial charge in [0.2, 0.25) is 10.0 Å². The van der Waals surface area contributed by atoms with Gasteiger partial charge in [-0.25, -0.2) is 8.42 Å². The van der Waals surface area contributed by atoms with Gasteiger partial charge in [-0.15, -0.1) is 0 Å². The van der Waals surface area contributed by atoms with Crippen molar-refractivity contribution in [1.29, 1.82) is 0 Å². The maximum Gasteiger partial charge on any atom is 0.262 e. The van der Waals surface area contributed by atoms with Crippen molar-refractivity contribution >= 4 is 33.2 Å². The molecule has 0 unspecified atom stereocenters. The number of rotatable bonds is 6. The number of nitrogens with one attached hydrogen (secondary N) is 1. The molecule has 0 atom stereocenters. The van der Waals surface area contributed by atoms with Crippen LogP contribution in [-0.4, -0.2) is 38.3 Å². The molecule has 1 heterocycles. The van der Waals surface area contributed by atoms with Crippen molar-refractivity contribution in [2.24, 2.45) is 0 Å². The van der Waals surface area contributed by atoms with Gasteiger partial charge in [0.25, 0.3) is 5.91 Å². The first-order valence-electron chi connectivity index (χ1n) is 9.57. The lowest BCUT2D eigenvalue weighted by Crippen LogP contribution is -2.35. The van der Waals surface area contributed by atoms with Crippen LogP contribution in [0, 0.1) is 13.8 Å². The van der Waals surface area contributed by atoms with E-state index in [0.717, 1.165) is 36.1 Å². The molecular weight excluding hydrogens is 412 g/mol. The monoisotopic (exact) mass is 436 g/mol. The number of ether oxygens (including phenoxy) is 1. The van der Waals surface area contributed by atoms with E-state index in [1.807, 2.05) is 32.0 Å². The number of para-hydroxylation sites is 1. The Morgan fingerprint density at radius 2 is 1.76 bits per heavy atom. The minimum atomic E-state index is -3.57. The highest BCUT2D eigenvalue weighted by Crippen LogP contribution is 2.30. The molecular formula is C21H25ClN2O4S. The van der Waals surface area contributed by atoms with Gasteiger partial charge in [-0.2, -0.15) is 4.31 Å². The van der Waals surface area contributed by atoms with Gasteiger partial charge in [0.1, 0.15) is 5.75 Å². The van der Waals surface area contributed by atoms with Gasteiger partial charge in [-0.3, -0.25) is 4.79 Å². The van der Waals surface area contributed by atoms with E-state index >= 15 is 0 Å². The molecule has 0 saturated carbocycles. The number of carbonyl (C=O) groups is 1. The van der Waals surface area contributed by atoms with E-state index in [1.165, 1.54) is 22.5 Å². The fourth-order valence-electron chi connectivity index (χ4n) is 3.34. The number of anilines is 1. The first-order chi connectivity index (χ1) is 13.8. The lowest BCUT2D eigenvalue weighted by molar-refractivity contribution is -0.118. The number of aryl methyl sites for hydroxylation is 2. The Morgan fingerprint density at radius 3 is 2.38 bits per heavy atom. The van der Waals surface area contributed by atoms with Crippen LogP contribution >= 0.6 is 11.6 Å². The number of nitrogens with zero attached hydrogens (tertiary/aromatic N) is 1. The molecule has 8 heteroatoms. The number of hydrogen-bond acceptors (Lipinski definition) is 4. The van der Waals surface area contributed by atoms with Crippen LogP contribution in [0.1, 0.15) is 30.4 Å². The number of amides is 1. The van der Waals surface area contributed by atoms with E-state index in [0.29, 0.717) is 13.1 Å². The van der Waals surface area contributed by atoms with Gasteiger partial charge in [0.05, 0.1) is 9.92 Å². The topological polar surface area (TPSA) is 75.7 Å². The van der Waals surface area contributed by atoms with Crippen molar-refractivity contribution < 1.29 is 17.9 Å². The third-order valence-electron chi connectivity index (χ3n) is 4.96. The molecule has 1 N–H and O–H groups in total. The third-order valence-corrected chi connectivity index (χ3v) is 7.15. The Balaban J connectivity index is 1.65. The summed E-state index contributed by atoms with van der Waals surface area (Å²) in [7, 11) is -3.57. The van der Waals surface area contributed by atoms with Crippen LogP contribution in [0.4, 0.5) is 5.69 Å². The van der Waals surface area contributed by atoms with E-state index in [9.17, 15) is 13.2 Å². The highest BCUT2D eigenvalue weighted by Gasteiger charge is 2.26. The number of benzene rings is 2. The van der Waals surface area contributed by atoms with Crippen molar-refractivity contribution in [2.45, 2.75) is 38.0 Å². The third kappa shape index (κ3) is 5.10. The zero-order valence-electron chi connectivity index (χ0n) is 16.6. The summed E-state index contributed by atoms with van der Waals surface area (Å²) in [5, 5.41) is 2.99. The molecule has 3 rings (SSSR count). The van der Waals surface area contributed by atoms with Crippen LogP contribution in [0.15, 0.2) is 41.3 Å². The molecule has 1 aliphatic heterocycles. The van der Waals surface area contributed by atoms with E-state index in [2.05, 4.69) is 5.32 Å². The van der Waals surface area contributed by atoms with Crippen LogP contribution in [0.25, 0.3) is 0 Å². The molecule has 156 valence electrons. The zero-order valence-corrected chi connectivity index (χ0v) is 18.1. The maximum absolute atomic E-state index is 12.7. The smallest absolute Gasteiger partial charge is 0.262 e. The van der Waals surface area contributed by atoms with Crippen molar-refractivity contribution in [1.82, 2.24) is 4.31 Å². The van der Waals surface area contributed by atoms with Crippen molar-refractivity contribution in [2.75, 3.05) is 25.0 Å². The Hall–Kier alpha value is -2.09. The minimum Gasteiger partial charge on any atom is -0.482 e. The summed E-state index contributed by atoms with van der Waals surface area (Å²) < 4.78 is 32.5. The summed E-state index contributed by atoms with van der Waals surface area (Å²) in [4.78, 5) is 12.4. The van der Waals surface area contributed by atoms with Gasteiger partial charge in [0, 0.05) is 18.8 Å². The predicted octanol–water partition coefficient (Wildman–Crippen LogP) is 4.15. The lowest BCUT2D eigenvalue weighted by atomic mass is 10.1. The van der Waals surface area contributed by atoms with E-state index in [4.69, 9.17) is 16.3 Å². The molecule has 2 aromatic carbocycles. The minimum absolute atomic E-state index is 0.136. The van der Waals surface area contributed by atoms with Crippen LogP contribution in [0.3, 0.4) is 0 Å². The molecule has 0 aromatic heterocycles. The van der Waals surface area contributed by atoms with Crippen molar-refractivity contribution in [3.05, 3.63) is 52.5 Å². The Morgan fingerprint density at radius 1 is 1.10 bits per heavy atom. The summed E-state index contributed by atoms with van der Waals surface area (Å²) >= 11 is 6.23. The number of halogens is 1.